The third kappa shape index (κ3) is 4.40. The smallest absolute Gasteiger partial charge is 0.228 e. The molecule has 1 aromatic heterocycles. The number of rotatable bonds is 5. The summed E-state index contributed by atoms with van der Waals surface area (Å²) in [7, 11) is 0. The first-order valence-corrected chi connectivity index (χ1v) is 9.46. The van der Waals surface area contributed by atoms with E-state index >= 15 is 0 Å². The number of nitrogens with zero attached hydrogens (tertiary/aromatic N) is 2. The third-order valence-corrected chi connectivity index (χ3v) is 6.21. The second kappa shape index (κ2) is 7.18. The zero-order valence-electron chi connectivity index (χ0n) is 12.8. The van der Waals surface area contributed by atoms with Crippen molar-refractivity contribution in [1.82, 2.24) is 15.5 Å². The van der Waals surface area contributed by atoms with Crippen molar-refractivity contribution in [1.29, 1.82) is 0 Å². The van der Waals surface area contributed by atoms with Gasteiger partial charge in [0.25, 0.3) is 0 Å². The minimum Gasteiger partial charge on any atom is -0.339 e. The largest absolute Gasteiger partial charge is 0.339 e. The standard InChI is InChI=1S/C14H25N3OS2/c1-5-15-11(14(2,3)4)8-12-16-13(17-18-12)10-9-19-6-7-20-10/h10-11,15H,5-9H2,1-4H3. The van der Waals surface area contributed by atoms with Crippen molar-refractivity contribution in [3.8, 4) is 0 Å². The fourth-order valence-corrected chi connectivity index (χ4v) is 4.81. The molecule has 2 atom stereocenters. The molecule has 0 radical (unpaired) electrons. The zero-order valence-corrected chi connectivity index (χ0v) is 14.4. The van der Waals surface area contributed by atoms with Crippen LogP contribution in [0.1, 0.15) is 44.7 Å². The highest BCUT2D eigenvalue weighted by molar-refractivity contribution is 8.06. The number of aromatic nitrogens is 2. The van der Waals surface area contributed by atoms with Crippen LogP contribution in [0.2, 0.25) is 0 Å². The molecule has 1 N–H and O–H groups in total. The molecule has 1 aliphatic rings. The highest BCUT2D eigenvalue weighted by atomic mass is 32.2. The van der Waals surface area contributed by atoms with Crippen molar-refractivity contribution >= 4 is 23.5 Å². The summed E-state index contributed by atoms with van der Waals surface area (Å²) >= 11 is 3.92. The van der Waals surface area contributed by atoms with Crippen LogP contribution in [0, 0.1) is 5.41 Å². The van der Waals surface area contributed by atoms with E-state index in [0.29, 0.717) is 11.3 Å². The molecule has 0 bridgehead atoms. The Hall–Kier alpha value is -0.200. The Kier molecular flexibility index (Phi) is 5.81. The summed E-state index contributed by atoms with van der Waals surface area (Å²) < 4.78 is 5.47. The fraction of sp³-hybridized carbons (Fsp3) is 0.857. The Balaban J connectivity index is 2.00. The second-order valence-corrected chi connectivity index (χ2v) is 8.62. The molecule has 20 heavy (non-hydrogen) atoms. The molecule has 0 saturated carbocycles. The van der Waals surface area contributed by atoms with Crippen LogP contribution in [0.25, 0.3) is 0 Å². The molecule has 0 spiro atoms. The maximum absolute atomic E-state index is 5.47. The monoisotopic (exact) mass is 315 g/mol. The highest BCUT2D eigenvalue weighted by Gasteiger charge is 2.27. The Labute approximate surface area is 130 Å². The molecule has 0 aliphatic carbocycles. The minimum absolute atomic E-state index is 0.181. The minimum atomic E-state index is 0.181. The van der Waals surface area contributed by atoms with Gasteiger partial charge in [-0.05, 0) is 12.0 Å². The fourth-order valence-electron chi connectivity index (χ4n) is 2.22. The lowest BCUT2D eigenvalue weighted by atomic mass is 9.84. The topological polar surface area (TPSA) is 51.0 Å². The molecular formula is C14H25N3OS2. The molecule has 1 fully saturated rings. The van der Waals surface area contributed by atoms with E-state index in [4.69, 9.17) is 4.52 Å². The zero-order chi connectivity index (χ0) is 14.6. The molecule has 1 aromatic rings. The first-order chi connectivity index (χ1) is 9.50. The SMILES string of the molecule is CCNC(Cc1nc(C2CSCCS2)no1)C(C)(C)C. The normalized spacial score (nSPS) is 21.9. The van der Waals surface area contributed by atoms with Gasteiger partial charge in [0.05, 0.1) is 5.25 Å². The van der Waals surface area contributed by atoms with E-state index in [1.807, 2.05) is 23.5 Å². The van der Waals surface area contributed by atoms with Crippen LogP contribution in [0.4, 0.5) is 0 Å². The number of hydrogen-bond acceptors (Lipinski definition) is 6. The lowest BCUT2D eigenvalue weighted by Crippen LogP contribution is -2.41. The lowest BCUT2D eigenvalue weighted by molar-refractivity contribution is 0.247. The summed E-state index contributed by atoms with van der Waals surface area (Å²) in [6, 6.07) is 0.356. The molecule has 1 saturated heterocycles. The highest BCUT2D eigenvalue weighted by Crippen LogP contribution is 2.35. The van der Waals surface area contributed by atoms with E-state index in [-0.39, 0.29) is 5.41 Å². The van der Waals surface area contributed by atoms with Gasteiger partial charge in [-0.15, -0.1) is 11.8 Å². The average Bonchev–Trinajstić information content (AvgIpc) is 2.87. The van der Waals surface area contributed by atoms with Gasteiger partial charge in [-0.3, -0.25) is 0 Å². The Morgan fingerprint density at radius 2 is 2.20 bits per heavy atom. The molecule has 1 aliphatic heterocycles. The molecule has 0 amide bonds. The lowest BCUT2D eigenvalue weighted by Gasteiger charge is -2.30. The molecular weight excluding hydrogens is 290 g/mol. The summed E-state index contributed by atoms with van der Waals surface area (Å²) in [5.41, 5.74) is 0.181. The number of thioether (sulfide) groups is 2. The molecule has 114 valence electrons. The molecule has 2 unspecified atom stereocenters. The van der Waals surface area contributed by atoms with Gasteiger partial charge in [0, 0.05) is 29.7 Å². The molecule has 2 rings (SSSR count). The summed E-state index contributed by atoms with van der Waals surface area (Å²) in [5, 5.41) is 8.11. The van der Waals surface area contributed by atoms with Crippen LogP contribution >= 0.6 is 23.5 Å². The van der Waals surface area contributed by atoms with E-state index in [1.54, 1.807) is 0 Å². The van der Waals surface area contributed by atoms with Gasteiger partial charge in [0.1, 0.15) is 0 Å². The van der Waals surface area contributed by atoms with E-state index in [1.165, 1.54) is 11.5 Å². The van der Waals surface area contributed by atoms with Crippen molar-refractivity contribution in [3.63, 3.8) is 0 Å². The van der Waals surface area contributed by atoms with Crippen LogP contribution in [0.5, 0.6) is 0 Å². The Morgan fingerprint density at radius 1 is 1.40 bits per heavy atom. The van der Waals surface area contributed by atoms with Gasteiger partial charge < -0.3 is 9.84 Å². The molecule has 2 heterocycles. The van der Waals surface area contributed by atoms with Crippen LogP contribution in [-0.4, -0.2) is 40.0 Å². The van der Waals surface area contributed by atoms with Gasteiger partial charge in [-0.1, -0.05) is 32.9 Å². The van der Waals surface area contributed by atoms with Crippen LogP contribution in [0.3, 0.4) is 0 Å². The Morgan fingerprint density at radius 3 is 2.80 bits per heavy atom. The first-order valence-electron chi connectivity index (χ1n) is 7.26. The predicted molar refractivity (Wildman–Crippen MR) is 87.4 cm³/mol. The first kappa shape index (κ1) is 16.2. The van der Waals surface area contributed by atoms with Crippen molar-refractivity contribution in [2.75, 3.05) is 23.8 Å². The maximum atomic E-state index is 5.47. The number of nitrogens with one attached hydrogen (secondary N) is 1. The van der Waals surface area contributed by atoms with E-state index in [2.05, 4.69) is 43.2 Å². The maximum Gasteiger partial charge on any atom is 0.228 e. The molecule has 4 nitrogen and oxygen atoms in total. The van der Waals surface area contributed by atoms with Gasteiger partial charge in [0.2, 0.25) is 5.89 Å². The van der Waals surface area contributed by atoms with Crippen LogP contribution in [0.15, 0.2) is 4.52 Å². The number of hydrogen-bond donors (Lipinski definition) is 1. The summed E-state index contributed by atoms with van der Waals surface area (Å²) in [5.74, 6) is 5.15. The van der Waals surface area contributed by atoms with Gasteiger partial charge >= 0.3 is 0 Å². The summed E-state index contributed by atoms with van der Waals surface area (Å²) in [6.45, 7) is 9.81. The second-order valence-electron chi connectivity index (χ2n) is 6.16. The van der Waals surface area contributed by atoms with Crippen molar-refractivity contribution in [2.45, 2.75) is 45.4 Å². The number of likely N-dealkylation sites (N-methyl/N-ethyl adjacent to an activating group) is 1. The molecule has 6 heteroatoms. The van der Waals surface area contributed by atoms with Gasteiger partial charge in [-0.25, -0.2) is 0 Å². The summed E-state index contributed by atoms with van der Waals surface area (Å²) in [4.78, 5) is 4.62. The summed E-state index contributed by atoms with van der Waals surface area (Å²) in [6.07, 6.45) is 0.800. The van der Waals surface area contributed by atoms with Crippen molar-refractivity contribution in [2.24, 2.45) is 5.41 Å². The van der Waals surface area contributed by atoms with Crippen LogP contribution < -0.4 is 5.32 Å². The van der Waals surface area contributed by atoms with Crippen molar-refractivity contribution < 1.29 is 4.52 Å². The Bertz CT molecular complexity index is 411. The van der Waals surface area contributed by atoms with Crippen molar-refractivity contribution in [3.05, 3.63) is 11.7 Å². The van der Waals surface area contributed by atoms with E-state index in [0.717, 1.165) is 30.4 Å². The quantitative estimate of drug-likeness (QED) is 0.901. The third-order valence-electron chi connectivity index (χ3n) is 3.46. The van der Waals surface area contributed by atoms with Gasteiger partial charge in [-0.2, -0.15) is 16.7 Å². The van der Waals surface area contributed by atoms with Gasteiger partial charge in [0.15, 0.2) is 5.82 Å². The average molecular weight is 316 g/mol. The van der Waals surface area contributed by atoms with E-state index in [9.17, 15) is 0 Å². The predicted octanol–water partition coefficient (Wildman–Crippen LogP) is 3.16. The van der Waals surface area contributed by atoms with Crippen LogP contribution in [-0.2, 0) is 6.42 Å². The molecule has 0 aromatic carbocycles. The van der Waals surface area contributed by atoms with E-state index < -0.39 is 0 Å².